The van der Waals surface area contributed by atoms with Crippen LogP contribution in [0.4, 0.5) is 10.5 Å². The van der Waals surface area contributed by atoms with E-state index >= 15 is 0 Å². The van der Waals surface area contributed by atoms with Crippen LogP contribution in [0, 0.1) is 13.8 Å². The maximum atomic E-state index is 11.2. The Morgan fingerprint density at radius 2 is 2.15 bits per heavy atom. The fourth-order valence-electron chi connectivity index (χ4n) is 3.30. The van der Waals surface area contributed by atoms with E-state index in [0.29, 0.717) is 29.3 Å². The van der Waals surface area contributed by atoms with E-state index in [-0.39, 0.29) is 12.4 Å². The maximum Gasteiger partial charge on any atom is 0.410 e. The molecule has 0 radical (unpaired) electrons. The summed E-state index contributed by atoms with van der Waals surface area (Å²) in [6.07, 6.45) is 1.65. The number of aliphatic hydroxyl groups is 1. The van der Waals surface area contributed by atoms with Crippen LogP contribution in [0.3, 0.4) is 0 Å². The number of carbonyl (C=O) groups excluding carboxylic acids is 1. The number of amides is 1. The number of fused-ring (bicyclic) bond motifs is 1. The molecule has 3 aromatic rings. The number of hydrogen-bond donors (Lipinski definition) is 3. The van der Waals surface area contributed by atoms with E-state index in [1.54, 1.807) is 16.7 Å². The van der Waals surface area contributed by atoms with Crippen molar-refractivity contribution in [3.05, 3.63) is 58.5 Å². The van der Waals surface area contributed by atoms with Crippen LogP contribution < -0.4 is 15.8 Å². The Hall–Kier alpha value is -3.06. The zero-order valence-electron chi connectivity index (χ0n) is 15.7. The van der Waals surface area contributed by atoms with Crippen LogP contribution in [-0.4, -0.2) is 20.6 Å². The summed E-state index contributed by atoms with van der Waals surface area (Å²) in [6, 6.07) is 7.96. The fourth-order valence-corrected chi connectivity index (χ4v) is 3.30. The molecule has 7 heteroatoms. The van der Waals surface area contributed by atoms with Crippen molar-refractivity contribution in [1.29, 1.82) is 0 Å². The van der Waals surface area contributed by atoms with E-state index in [1.165, 1.54) is 16.7 Å². The van der Waals surface area contributed by atoms with Gasteiger partial charge in [-0.1, -0.05) is 25.1 Å². The number of rotatable bonds is 6. The number of nitrogens with zero attached hydrogens (tertiary/aromatic N) is 2. The molecule has 1 aromatic carbocycles. The van der Waals surface area contributed by atoms with Crippen molar-refractivity contribution in [3.8, 4) is 5.75 Å². The summed E-state index contributed by atoms with van der Waals surface area (Å²) in [4.78, 5) is 15.7. The third kappa shape index (κ3) is 3.73. The molecule has 0 bridgehead atoms. The van der Waals surface area contributed by atoms with Crippen molar-refractivity contribution in [3.63, 3.8) is 0 Å². The lowest BCUT2D eigenvalue weighted by molar-refractivity contribution is 0.210. The molecule has 0 atom stereocenters. The number of nitrogens with two attached hydrogens (primary N) is 1. The average molecular weight is 368 g/mol. The number of imidazole rings is 1. The van der Waals surface area contributed by atoms with Gasteiger partial charge in [0, 0.05) is 12.6 Å². The van der Waals surface area contributed by atoms with E-state index < -0.39 is 6.09 Å². The van der Waals surface area contributed by atoms with E-state index in [1.807, 2.05) is 6.92 Å². The average Bonchev–Trinajstić information content (AvgIpc) is 2.94. The smallest absolute Gasteiger partial charge is 0.409 e. The van der Waals surface area contributed by atoms with Gasteiger partial charge in [-0.2, -0.15) is 0 Å². The molecular weight excluding hydrogens is 344 g/mol. The highest BCUT2D eigenvalue weighted by Gasteiger charge is 2.15. The predicted molar refractivity (Wildman–Crippen MR) is 104 cm³/mol. The van der Waals surface area contributed by atoms with Gasteiger partial charge in [0.2, 0.25) is 0 Å². The highest BCUT2D eigenvalue weighted by Crippen LogP contribution is 2.27. The quantitative estimate of drug-likeness (QED) is 0.621. The van der Waals surface area contributed by atoms with Gasteiger partial charge in [-0.15, -0.1) is 0 Å². The van der Waals surface area contributed by atoms with Crippen LogP contribution in [0.5, 0.6) is 5.75 Å². The van der Waals surface area contributed by atoms with Crippen LogP contribution in [0.2, 0.25) is 0 Å². The molecule has 7 nitrogen and oxygen atoms in total. The first-order valence-electron chi connectivity index (χ1n) is 8.85. The predicted octanol–water partition coefficient (Wildman–Crippen LogP) is 3.08. The van der Waals surface area contributed by atoms with Gasteiger partial charge in [0.15, 0.2) is 11.4 Å². The Labute approximate surface area is 157 Å². The Morgan fingerprint density at radius 1 is 1.37 bits per heavy atom. The minimum Gasteiger partial charge on any atom is -0.409 e. The van der Waals surface area contributed by atoms with Gasteiger partial charge in [0.25, 0.3) is 0 Å². The van der Waals surface area contributed by atoms with Crippen LogP contribution in [0.15, 0.2) is 30.5 Å². The molecule has 0 aliphatic rings. The van der Waals surface area contributed by atoms with E-state index in [9.17, 15) is 9.90 Å². The second-order valence-electron chi connectivity index (χ2n) is 6.43. The molecule has 27 heavy (non-hydrogen) atoms. The van der Waals surface area contributed by atoms with Crippen LogP contribution in [-0.2, 0) is 19.6 Å². The van der Waals surface area contributed by atoms with E-state index in [4.69, 9.17) is 10.5 Å². The topological polar surface area (TPSA) is 102 Å². The molecule has 3 rings (SSSR count). The Bertz CT molecular complexity index is 995. The fraction of sp³-hybridized carbons (Fsp3) is 0.300. The van der Waals surface area contributed by atoms with Gasteiger partial charge in [-0.05, 0) is 37.0 Å². The molecule has 0 aliphatic heterocycles. The zero-order valence-corrected chi connectivity index (χ0v) is 15.7. The van der Waals surface area contributed by atoms with Crippen molar-refractivity contribution in [2.75, 3.05) is 5.32 Å². The van der Waals surface area contributed by atoms with Crippen molar-refractivity contribution in [2.45, 2.75) is 40.3 Å². The number of primary amides is 1. The summed E-state index contributed by atoms with van der Waals surface area (Å²) in [7, 11) is 0. The first-order valence-corrected chi connectivity index (χ1v) is 8.85. The number of aliphatic hydroxyl groups excluding tert-OH is 1. The largest absolute Gasteiger partial charge is 0.410 e. The minimum absolute atomic E-state index is 0.176. The van der Waals surface area contributed by atoms with Gasteiger partial charge >= 0.3 is 6.09 Å². The first-order chi connectivity index (χ1) is 12.9. The maximum absolute atomic E-state index is 11.2. The zero-order chi connectivity index (χ0) is 19.6. The number of pyridine rings is 1. The summed E-state index contributed by atoms with van der Waals surface area (Å²) in [5, 5.41) is 13.1. The summed E-state index contributed by atoms with van der Waals surface area (Å²) < 4.78 is 6.78. The molecule has 2 heterocycles. The highest BCUT2D eigenvalue weighted by molar-refractivity contribution is 5.73. The Kier molecular flexibility index (Phi) is 5.32. The second kappa shape index (κ2) is 7.67. The van der Waals surface area contributed by atoms with Gasteiger partial charge in [0.05, 0.1) is 29.9 Å². The molecule has 142 valence electrons. The molecule has 0 saturated carbocycles. The number of nitrogens with one attached hydrogen (secondary N) is 1. The number of ether oxygens (including phenoxy) is 1. The number of carbonyl (C=O) groups is 1. The van der Waals surface area contributed by atoms with Crippen LogP contribution in [0.1, 0.15) is 35.0 Å². The summed E-state index contributed by atoms with van der Waals surface area (Å²) >= 11 is 0. The molecule has 0 aliphatic carbocycles. The molecule has 4 N–H and O–H groups in total. The molecular formula is C20H24N4O3. The first kappa shape index (κ1) is 18.7. The van der Waals surface area contributed by atoms with Gasteiger partial charge in [-0.3, -0.25) is 4.40 Å². The SMILES string of the molecule is CCc1cccc(C)c1CNc1cc(OC(N)=O)cn2c(CO)c(C)nc12. The van der Waals surface area contributed by atoms with Crippen molar-refractivity contribution >= 4 is 17.4 Å². The number of aromatic nitrogens is 2. The monoisotopic (exact) mass is 368 g/mol. The third-order valence-electron chi connectivity index (χ3n) is 4.71. The van der Waals surface area contributed by atoms with Crippen LogP contribution >= 0.6 is 0 Å². The summed E-state index contributed by atoms with van der Waals surface area (Å²) in [5.74, 6) is 0.282. The number of anilines is 1. The van der Waals surface area contributed by atoms with Crippen molar-refractivity contribution < 1.29 is 14.6 Å². The normalized spacial score (nSPS) is 11.0. The van der Waals surface area contributed by atoms with Gasteiger partial charge in [-0.25, -0.2) is 9.78 Å². The lowest BCUT2D eigenvalue weighted by Crippen LogP contribution is -2.17. The summed E-state index contributed by atoms with van der Waals surface area (Å²) in [6.45, 7) is 6.47. The molecule has 0 fully saturated rings. The van der Waals surface area contributed by atoms with Crippen molar-refractivity contribution in [1.82, 2.24) is 9.38 Å². The summed E-state index contributed by atoms with van der Waals surface area (Å²) in [5.41, 5.74) is 11.6. The molecule has 1 amide bonds. The van der Waals surface area contributed by atoms with Gasteiger partial charge in [0.1, 0.15) is 0 Å². The lowest BCUT2D eigenvalue weighted by atomic mass is 10.00. The molecule has 2 aromatic heterocycles. The van der Waals surface area contributed by atoms with Crippen molar-refractivity contribution in [2.24, 2.45) is 5.73 Å². The number of hydrogen-bond acceptors (Lipinski definition) is 5. The standard InChI is InChI=1S/C20H24N4O3/c1-4-14-7-5-6-12(2)16(14)9-22-17-8-15(27-20(21)26)10-24-18(11-25)13(3)23-19(17)24/h5-8,10,22,25H,4,9,11H2,1-3H3,(H2,21,26). The molecule has 0 saturated heterocycles. The highest BCUT2D eigenvalue weighted by atomic mass is 16.5. The molecule has 0 unspecified atom stereocenters. The molecule has 0 spiro atoms. The number of benzene rings is 1. The van der Waals surface area contributed by atoms with Crippen LogP contribution in [0.25, 0.3) is 5.65 Å². The van der Waals surface area contributed by atoms with E-state index in [0.717, 1.165) is 6.42 Å². The Morgan fingerprint density at radius 3 is 2.81 bits per heavy atom. The Balaban J connectivity index is 2.04. The third-order valence-corrected chi connectivity index (χ3v) is 4.71. The minimum atomic E-state index is -0.894. The van der Waals surface area contributed by atoms with Gasteiger partial charge < -0.3 is 20.9 Å². The lowest BCUT2D eigenvalue weighted by Gasteiger charge is -2.15. The number of aryl methyl sites for hydroxylation is 3. The second-order valence-corrected chi connectivity index (χ2v) is 6.43. The van der Waals surface area contributed by atoms with E-state index in [2.05, 4.69) is 42.3 Å².